The van der Waals surface area contributed by atoms with Gasteiger partial charge in [-0.2, -0.15) is 0 Å². The molecule has 2 saturated heterocycles. The summed E-state index contributed by atoms with van der Waals surface area (Å²) >= 11 is 0. The zero-order valence-corrected chi connectivity index (χ0v) is 14.4. The van der Waals surface area contributed by atoms with E-state index in [2.05, 4.69) is 0 Å². The minimum absolute atomic E-state index is 0.0125. The van der Waals surface area contributed by atoms with Gasteiger partial charge in [-0.1, -0.05) is 30.3 Å². The molecule has 25 heavy (non-hydrogen) atoms. The number of amides is 2. The van der Waals surface area contributed by atoms with Crippen LogP contribution in [0.25, 0.3) is 0 Å². The third-order valence-electron chi connectivity index (χ3n) is 5.34. The molecule has 3 atom stereocenters. The van der Waals surface area contributed by atoms with Gasteiger partial charge in [-0.05, 0) is 25.3 Å². The summed E-state index contributed by atoms with van der Waals surface area (Å²) in [6, 6.07) is 9.71. The lowest BCUT2D eigenvalue weighted by Gasteiger charge is -2.32. The molecule has 2 aliphatic rings. The Hall–Kier alpha value is -2.37. The van der Waals surface area contributed by atoms with E-state index >= 15 is 0 Å². The molecule has 1 N–H and O–H groups in total. The number of carboxylic acid groups (broad SMARTS) is 1. The molecule has 6 heteroatoms. The number of hydrogen-bond donors (Lipinski definition) is 1. The van der Waals surface area contributed by atoms with Gasteiger partial charge in [0.1, 0.15) is 0 Å². The van der Waals surface area contributed by atoms with Crippen molar-refractivity contribution in [3.8, 4) is 0 Å². The highest BCUT2D eigenvalue weighted by molar-refractivity contribution is 5.89. The van der Waals surface area contributed by atoms with Crippen LogP contribution < -0.4 is 0 Å². The van der Waals surface area contributed by atoms with E-state index in [1.807, 2.05) is 37.3 Å². The molecule has 134 valence electrons. The molecule has 0 spiro atoms. The Balaban J connectivity index is 1.65. The van der Waals surface area contributed by atoms with Gasteiger partial charge in [-0.3, -0.25) is 14.4 Å². The molecule has 2 heterocycles. The fourth-order valence-electron chi connectivity index (χ4n) is 3.82. The second-order valence-corrected chi connectivity index (χ2v) is 7.00. The molecule has 2 amide bonds. The number of carbonyl (C=O) groups is 3. The Bertz CT molecular complexity index is 661. The van der Waals surface area contributed by atoms with Gasteiger partial charge >= 0.3 is 5.97 Å². The summed E-state index contributed by atoms with van der Waals surface area (Å²) in [5.41, 5.74) is 1.05. The Morgan fingerprint density at radius 1 is 1.16 bits per heavy atom. The van der Waals surface area contributed by atoms with E-state index in [0.717, 1.165) is 5.56 Å². The van der Waals surface area contributed by atoms with E-state index < -0.39 is 11.9 Å². The minimum atomic E-state index is -0.848. The molecule has 0 radical (unpaired) electrons. The van der Waals surface area contributed by atoms with Crippen LogP contribution in [-0.2, 0) is 14.4 Å². The number of rotatable bonds is 4. The Morgan fingerprint density at radius 2 is 1.88 bits per heavy atom. The molecule has 0 saturated carbocycles. The Morgan fingerprint density at radius 3 is 2.56 bits per heavy atom. The maximum Gasteiger partial charge on any atom is 0.308 e. The van der Waals surface area contributed by atoms with Crippen molar-refractivity contribution < 1.29 is 19.5 Å². The molecule has 0 aliphatic carbocycles. The fraction of sp³-hybridized carbons (Fsp3) is 0.526. The predicted molar refractivity (Wildman–Crippen MR) is 91.6 cm³/mol. The molecule has 0 aromatic heterocycles. The normalized spacial score (nSPS) is 25.1. The number of aliphatic carboxylic acids is 1. The molecule has 3 unspecified atom stereocenters. The highest BCUT2D eigenvalue weighted by Gasteiger charge is 2.40. The van der Waals surface area contributed by atoms with Gasteiger partial charge in [0.15, 0.2) is 0 Å². The highest BCUT2D eigenvalue weighted by atomic mass is 16.4. The van der Waals surface area contributed by atoms with Crippen LogP contribution in [0.1, 0.15) is 37.8 Å². The van der Waals surface area contributed by atoms with E-state index in [1.54, 1.807) is 9.80 Å². The quantitative estimate of drug-likeness (QED) is 0.905. The zero-order chi connectivity index (χ0) is 18.0. The lowest BCUT2D eigenvalue weighted by atomic mass is 9.96. The monoisotopic (exact) mass is 344 g/mol. The van der Waals surface area contributed by atoms with Gasteiger partial charge in [-0.15, -0.1) is 0 Å². The molecule has 6 nitrogen and oxygen atoms in total. The van der Waals surface area contributed by atoms with Crippen LogP contribution in [-0.4, -0.2) is 52.3 Å². The van der Waals surface area contributed by atoms with Crippen molar-refractivity contribution >= 4 is 17.8 Å². The summed E-state index contributed by atoms with van der Waals surface area (Å²) in [5.74, 6) is -1.80. The average molecular weight is 344 g/mol. The topological polar surface area (TPSA) is 77.9 Å². The largest absolute Gasteiger partial charge is 0.481 e. The summed E-state index contributed by atoms with van der Waals surface area (Å²) in [6.07, 6.45) is 1.53. The summed E-state index contributed by atoms with van der Waals surface area (Å²) in [5, 5.41) is 9.19. The van der Waals surface area contributed by atoms with Gasteiger partial charge in [0.2, 0.25) is 11.8 Å². The first kappa shape index (κ1) is 17.5. The van der Waals surface area contributed by atoms with Crippen molar-refractivity contribution in [3.63, 3.8) is 0 Å². The molecule has 2 aliphatic heterocycles. The molecule has 2 fully saturated rings. The van der Waals surface area contributed by atoms with Crippen molar-refractivity contribution in [3.05, 3.63) is 35.9 Å². The molecular weight excluding hydrogens is 320 g/mol. The number of piperidine rings is 1. The lowest BCUT2D eigenvalue weighted by Crippen LogP contribution is -2.45. The first-order chi connectivity index (χ1) is 12.0. The van der Waals surface area contributed by atoms with E-state index in [1.165, 1.54) is 0 Å². The zero-order valence-electron chi connectivity index (χ0n) is 14.4. The first-order valence-electron chi connectivity index (χ1n) is 8.83. The third-order valence-corrected chi connectivity index (χ3v) is 5.34. The molecule has 1 aromatic rings. The van der Waals surface area contributed by atoms with Crippen LogP contribution in [0.2, 0.25) is 0 Å². The van der Waals surface area contributed by atoms with Crippen LogP contribution >= 0.6 is 0 Å². The predicted octanol–water partition coefficient (Wildman–Crippen LogP) is 1.92. The van der Waals surface area contributed by atoms with Crippen LogP contribution in [0.15, 0.2) is 30.3 Å². The molecular formula is C19H24N2O4. The first-order valence-corrected chi connectivity index (χ1v) is 8.83. The molecule has 3 rings (SSSR count). The maximum absolute atomic E-state index is 12.8. The van der Waals surface area contributed by atoms with Crippen molar-refractivity contribution in [1.29, 1.82) is 0 Å². The van der Waals surface area contributed by atoms with E-state index in [4.69, 9.17) is 0 Å². The lowest BCUT2D eigenvalue weighted by molar-refractivity contribution is -0.146. The minimum Gasteiger partial charge on any atom is -0.481 e. The van der Waals surface area contributed by atoms with Gasteiger partial charge in [0.05, 0.1) is 17.9 Å². The Labute approximate surface area is 147 Å². The van der Waals surface area contributed by atoms with Crippen molar-refractivity contribution in [2.45, 2.75) is 32.2 Å². The van der Waals surface area contributed by atoms with Gasteiger partial charge in [-0.25, -0.2) is 0 Å². The second kappa shape index (κ2) is 7.25. The standard InChI is InChI=1S/C19H24N2O4/c1-13(14-6-3-2-4-7-14)21-12-16(10-17(21)22)18(23)20-9-5-8-15(11-20)19(24)25/h2-4,6-7,13,15-16H,5,8-12H2,1H3,(H,24,25). The second-order valence-electron chi connectivity index (χ2n) is 7.00. The number of carboxylic acids is 1. The van der Waals surface area contributed by atoms with Gasteiger partial charge < -0.3 is 14.9 Å². The average Bonchev–Trinajstić information content (AvgIpc) is 3.03. The number of nitrogens with zero attached hydrogens (tertiary/aromatic N) is 2. The highest BCUT2D eigenvalue weighted by Crippen LogP contribution is 2.30. The maximum atomic E-state index is 12.8. The molecule has 0 bridgehead atoms. The summed E-state index contributed by atoms with van der Waals surface area (Å²) < 4.78 is 0. The van der Waals surface area contributed by atoms with Crippen molar-refractivity contribution in [1.82, 2.24) is 9.80 Å². The van der Waals surface area contributed by atoms with Gasteiger partial charge in [0.25, 0.3) is 0 Å². The third kappa shape index (κ3) is 3.67. The molecule has 1 aromatic carbocycles. The number of benzene rings is 1. The van der Waals surface area contributed by atoms with Crippen LogP contribution in [0.3, 0.4) is 0 Å². The summed E-state index contributed by atoms with van der Waals surface area (Å²) in [4.78, 5) is 39.8. The summed E-state index contributed by atoms with van der Waals surface area (Å²) in [6.45, 7) is 3.22. The van der Waals surface area contributed by atoms with Crippen molar-refractivity contribution in [2.75, 3.05) is 19.6 Å². The van der Waals surface area contributed by atoms with E-state index in [0.29, 0.717) is 25.9 Å². The van der Waals surface area contributed by atoms with E-state index in [-0.39, 0.29) is 36.7 Å². The van der Waals surface area contributed by atoms with Crippen LogP contribution in [0.5, 0.6) is 0 Å². The smallest absolute Gasteiger partial charge is 0.308 e. The van der Waals surface area contributed by atoms with Crippen molar-refractivity contribution in [2.24, 2.45) is 11.8 Å². The van der Waals surface area contributed by atoms with Gasteiger partial charge in [0, 0.05) is 26.1 Å². The Kier molecular flexibility index (Phi) is 5.06. The number of hydrogen-bond acceptors (Lipinski definition) is 3. The summed E-state index contributed by atoms with van der Waals surface area (Å²) in [7, 11) is 0. The number of carbonyl (C=O) groups excluding carboxylic acids is 2. The van der Waals surface area contributed by atoms with Crippen LogP contribution in [0.4, 0.5) is 0 Å². The number of likely N-dealkylation sites (tertiary alicyclic amines) is 2. The van der Waals surface area contributed by atoms with E-state index in [9.17, 15) is 19.5 Å². The SMILES string of the molecule is CC(c1ccccc1)N1CC(C(=O)N2CCCC(C(=O)O)C2)CC1=O. The van der Waals surface area contributed by atoms with Crippen LogP contribution in [0, 0.1) is 11.8 Å². The fourth-order valence-corrected chi connectivity index (χ4v) is 3.82.